The minimum atomic E-state index is -0.173. The number of thiophene rings is 2. The van der Waals surface area contributed by atoms with Crippen LogP contribution in [0.4, 0.5) is 4.39 Å². The second kappa shape index (κ2) is 25.8. The first-order chi connectivity index (χ1) is 34.7. The second-order valence-corrected chi connectivity index (χ2v) is 26.6. The highest BCUT2D eigenvalue weighted by Crippen LogP contribution is 2.41. The van der Waals surface area contributed by atoms with Gasteiger partial charge in [-0.25, -0.2) is 4.39 Å². The Hall–Kier alpha value is -5.77. The predicted octanol–water partition coefficient (Wildman–Crippen LogP) is 19.9. The Bertz CT molecular complexity index is 3110. The van der Waals surface area contributed by atoms with Gasteiger partial charge in [0.1, 0.15) is 5.83 Å². The zero-order valence-corrected chi connectivity index (χ0v) is 50.1. The van der Waals surface area contributed by atoms with Crippen molar-refractivity contribution in [2.24, 2.45) is 0 Å². The van der Waals surface area contributed by atoms with Crippen LogP contribution < -0.4 is 0 Å². The minimum Gasteiger partial charge on any atom is -0.392 e. The van der Waals surface area contributed by atoms with E-state index in [0.717, 1.165) is 33.1 Å². The molecule has 6 aromatic rings. The maximum Gasteiger partial charge on any atom is 0.148 e. The van der Waals surface area contributed by atoms with Gasteiger partial charge >= 0.3 is 0 Å². The lowest BCUT2D eigenvalue weighted by atomic mass is 9.82. The van der Waals surface area contributed by atoms with Gasteiger partial charge in [-0.3, -0.25) is 0 Å². The van der Waals surface area contributed by atoms with Gasteiger partial charge in [0.05, 0.1) is 34.4 Å². The van der Waals surface area contributed by atoms with E-state index < -0.39 is 0 Å². The molecule has 2 N–H and O–H groups in total. The molecule has 0 saturated heterocycles. The average Bonchev–Trinajstić information content (AvgIpc) is 4.02. The van der Waals surface area contributed by atoms with Crippen molar-refractivity contribution in [2.45, 2.75) is 180 Å². The summed E-state index contributed by atoms with van der Waals surface area (Å²) in [7, 11) is 0. The summed E-state index contributed by atoms with van der Waals surface area (Å²) in [5.74, 6) is -0.173. The fourth-order valence-corrected chi connectivity index (χ4v) is 11.0. The standard InChI is InChI=1S/C15H19N.C15H18O.C13H20O.C12H14FNS.C12H15NS.2CH4/c1-11-6-7-14-12(2)16(15(3,4)5)9-8-13(14)10-11;1-15(2,3)14-9-12-7-5-4-6-11(12)8-13(14)10-16;1-9-6-11(8-14)12(7-10(9)2)13(3,4)5;1-8-11-9(5-6-15-11)10(13)7-14(8)12(2,3)4;1-9-11-10(6-8-14-11)5-7-13(9)12(2,3)4;;/h6-10H,2H2,1,3-5H3;4-9,16H,10H2,1-3H3;6-7,14H,8H2,1-5H3;5-7H,1H2,2-4H3;5-8H,1H2,2-4H3;2*1H4. The number of rotatable bonds is 2. The molecule has 4 aromatic carbocycles. The predicted molar refractivity (Wildman–Crippen MR) is 341 cm³/mol. The number of aliphatic hydroxyl groups excluding tert-OH is 2. The molecule has 5 heterocycles. The van der Waals surface area contributed by atoms with Gasteiger partial charge in [0.2, 0.25) is 0 Å². The molecule has 416 valence electrons. The third kappa shape index (κ3) is 16.2. The van der Waals surface area contributed by atoms with Crippen LogP contribution in [0.15, 0.2) is 128 Å². The van der Waals surface area contributed by atoms with Gasteiger partial charge in [-0.15, -0.1) is 22.7 Å². The van der Waals surface area contributed by atoms with Crippen LogP contribution in [0.3, 0.4) is 0 Å². The van der Waals surface area contributed by atoms with Crippen molar-refractivity contribution < 1.29 is 14.6 Å². The van der Waals surface area contributed by atoms with Crippen LogP contribution in [0.25, 0.3) is 45.8 Å². The summed E-state index contributed by atoms with van der Waals surface area (Å²) in [5, 5.41) is 25.2. The van der Waals surface area contributed by atoms with E-state index in [1.807, 2.05) is 43.2 Å². The molecule has 8 heteroatoms. The topological polar surface area (TPSA) is 50.2 Å². The Morgan fingerprint density at radius 3 is 1.48 bits per heavy atom. The first-order valence-electron chi connectivity index (χ1n) is 26.0. The van der Waals surface area contributed by atoms with E-state index in [1.54, 1.807) is 17.4 Å². The fourth-order valence-electron chi connectivity index (χ4n) is 9.26. The molecule has 0 atom stereocenters. The lowest BCUT2D eigenvalue weighted by Gasteiger charge is -2.38. The molecule has 5 nitrogen and oxygen atoms in total. The maximum atomic E-state index is 13.7. The molecule has 0 spiro atoms. The number of aryl methyl sites for hydroxylation is 3. The molecule has 0 radical (unpaired) electrons. The second-order valence-electron chi connectivity index (χ2n) is 24.8. The van der Waals surface area contributed by atoms with Crippen LogP contribution in [0.2, 0.25) is 0 Å². The smallest absolute Gasteiger partial charge is 0.148 e. The van der Waals surface area contributed by atoms with E-state index >= 15 is 0 Å². The van der Waals surface area contributed by atoms with Crippen molar-refractivity contribution in [1.82, 2.24) is 14.7 Å². The number of hydrogen-bond donors (Lipinski definition) is 2. The molecular weight excluding hydrogens is 986 g/mol. The highest BCUT2D eigenvalue weighted by Gasteiger charge is 2.30. The average molecular weight is 1080 g/mol. The van der Waals surface area contributed by atoms with Crippen molar-refractivity contribution in [3.05, 3.63) is 199 Å². The van der Waals surface area contributed by atoms with E-state index in [0.29, 0.717) is 5.56 Å². The van der Waals surface area contributed by atoms with Crippen molar-refractivity contribution in [3.63, 3.8) is 0 Å². The Morgan fingerprint density at radius 1 is 0.494 bits per heavy atom. The van der Waals surface area contributed by atoms with Gasteiger partial charge in [-0.2, -0.15) is 0 Å². The van der Waals surface area contributed by atoms with Crippen LogP contribution in [-0.4, -0.2) is 41.5 Å². The number of halogens is 1. The molecule has 0 fully saturated rings. The molecule has 0 saturated carbocycles. The summed E-state index contributed by atoms with van der Waals surface area (Å²) in [4.78, 5) is 8.57. The molecular formula is C69H94FN3O2S2. The number of benzene rings is 4. The summed E-state index contributed by atoms with van der Waals surface area (Å²) in [6, 6.07) is 27.3. The minimum absolute atomic E-state index is 0. The van der Waals surface area contributed by atoms with Gasteiger partial charge in [-0.05, 0) is 190 Å². The summed E-state index contributed by atoms with van der Waals surface area (Å²) in [6.45, 7) is 51.3. The van der Waals surface area contributed by atoms with Crippen molar-refractivity contribution in [1.29, 1.82) is 0 Å². The third-order valence-electron chi connectivity index (χ3n) is 13.4. The monoisotopic (exact) mass is 1080 g/mol. The van der Waals surface area contributed by atoms with E-state index in [9.17, 15) is 14.6 Å². The maximum absolute atomic E-state index is 13.7. The molecule has 2 aromatic heterocycles. The highest BCUT2D eigenvalue weighted by molar-refractivity contribution is 7.11. The van der Waals surface area contributed by atoms with Gasteiger partial charge in [0.25, 0.3) is 0 Å². The zero-order valence-electron chi connectivity index (χ0n) is 48.5. The SMILES string of the molecule is C.C.C=C1c2ccc(C)cc2C=CN1C(C)(C)C.C=C1c2sccc2C(F)=CN1C(C)(C)C.C=C1c2sccc2C=CN1C(C)(C)C.CC(C)(C)c1cc2ccccc2cc1CO.Cc1cc(CO)c(C(C)(C)C)cc1C. The summed E-state index contributed by atoms with van der Waals surface area (Å²) in [6.07, 6.45) is 10.1. The zero-order chi connectivity index (χ0) is 56.2. The van der Waals surface area contributed by atoms with Crippen molar-refractivity contribution in [2.75, 3.05) is 0 Å². The third-order valence-corrected chi connectivity index (χ3v) is 15.3. The van der Waals surface area contributed by atoms with Crippen LogP contribution in [0.1, 0.15) is 190 Å². The summed E-state index contributed by atoms with van der Waals surface area (Å²) < 4.78 is 13.7. The largest absolute Gasteiger partial charge is 0.392 e. The van der Waals surface area contributed by atoms with Crippen LogP contribution in [-0.2, 0) is 24.0 Å². The molecule has 0 bridgehead atoms. The molecule has 0 unspecified atom stereocenters. The lowest BCUT2D eigenvalue weighted by molar-refractivity contribution is 0.278. The Kier molecular flexibility index (Phi) is 21.9. The Labute approximate surface area is 474 Å². The van der Waals surface area contributed by atoms with Crippen LogP contribution >= 0.6 is 22.7 Å². The first-order valence-corrected chi connectivity index (χ1v) is 27.7. The molecule has 0 amide bonds. The molecule has 9 rings (SSSR count). The van der Waals surface area contributed by atoms with E-state index in [1.165, 1.54) is 77.7 Å². The van der Waals surface area contributed by atoms with Gasteiger partial charge in [-0.1, -0.05) is 142 Å². The number of hydrogen-bond acceptors (Lipinski definition) is 7. The van der Waals surface area contributed by atoms with Gasteiger partial charge < -0.3 is 24.9 Å². The van der Waals surface area contributed by atoms with Gasteiger partial charge in [0.15, 0.2) is 0 Å². The normalized spacial score (nSPS) is 13.9. The first kappa shape index (κ1) is 65.5. The highest BCUT2D eigenvalue weighted by atomic mass is 32.1. The van der Waals surface area contributed by atoms with E-state index in [-0.39, 0.29) is 61.3 Å². The Morgan fingerprint density at radius 2 is 0.948 bits per heavy atom. The van der Waals surface area contributed by atoms with Gasteiger partial charge in [0, 0.05) is 52.0 Å². The fraction of sp³-hybridized carbons (Fsp3) is 0.391. The molecule has 77 heavy (non-hydrogen) atoms. The summed E-state index contributed by atoms with van der Waals surface area (Å²) >= 11 is 3.30. The molecule has 0 aliphatic carbocycles. The summed E-state index contributed by atoms with van der Waals surface area (Å²) in [5.41, 5.74) is 16.2. The van der Waals surface area contributed by atoms with Crippen LogP contribution in [0.5, 0.6) is 0 Å². The van der Waals surface area contributed by atoms with E-state index in [4.69, 9.17) is 0 Å². The van der Waals surface area contributed by atoms with Crippen molar-refractivity contribution in [3.8, 4) is 0 Å². The van der Waals surface area contributed by atoms with E-state index in [2.05, 4.69) is 224 Å². The lowest BCUT2D eigenvalue weighted by Crippen LogP contribution is -2.36. The number of aliphatic hydroxyl groups is 2. The Balaban J connectivity index is 0.000000252. The molecule has 3 aliphatic heterocycles. The van der Waals surface area contributed by atoms with Crippen molar-refractivity contribution >= 4 is 68.5 Å². The number of nitrogens with zero attached hydrogens (tertiary/aromatic N) is 3. The van der Waals surface area contributed by atoms with Crippen LogP contribution in [0, 0.1) is 20.8 Å². The quantitative estimate of drug-likeness (QED) is 0.181. The molecule has 3 aliphatic rings. The number of fused-ring (bicyclic) bond motifs is 4.